The molecule has 1 atom stereocenters. The van der Waals surface area contributed by atoms with Crippen molar-refractivity contribution >= 4 is 29.3 Å². The molecule has 7 heteroatoms. The van der Waals surface area contributed by atoms with E-state index in [-0.39, 0.29) is 17.8 Å². The van der Waals surface area contributed by atoms with Crippen molar-refractivity contribution in [3.63, 3.8) is 0 Å². The maximum atomic E-state index is 12.6. The number of nitrogens with zero attached hydrogens (tertiary/aromatic N) is 3. The van der Waals surface area contributed by atoms with E-state index in [1.807, 2.05) is 12.1 Å². The molecule has 0 aliphatic carbocycles. The van der Waals surface area contributed by atoms with Gasteiger partial charge in [0.1, 0.15) is 6.04 Å². The lowest BCUT2D eigenvalue weighted by atomic mass is 10.1. The number of hydrogen-bond acceptors (Lipinski definition) is 5. The molecule has 1 aliphatic rings. The average molecular weight is 324 g/mol. The van der Waals surface area contributed by atoms with Crippen molar-refractivity contribution in [2.24, 2.45) is 0 Å². The first-order valence-corrected chi connectivity index (χ1v) is 7.37. The van der Waals surface area contributed by atoms with Crippen molar-refractivity contribution in [3.8, 4) is 6.01 Å². The van der Waals surface area contributed by atoms with Gasteiger partial charge in [0.15, 0.2) is 0 Å². The molecule has 0 spiro atoms. The normalized spacial score (nSPS) is 16.7. The first kappa shape index (κ1) is 15.7. The highest BCUT2D eigenvalue weighted by molar-refractivity contribution is 6.15. The maximum Gasteiger partial charge on any atom is 0.316 e. The van der Waals surface area contributed by atoms with Gasteiger partial charge in [-0.05, 0) is 25.1 Å². The van der Waals surface area contributed by atoms with Gasteiger partial charge in [0.2, 0.25) is 5.91 Å². The Bertz CT molecular complexity index is 802. The molecule has 1 aromatic heterocycles. The molecule has 0 radical (unpaired) electrons. The summed E-state index contributed by atoms with van der Waals surface area (Å²) in [4.78, 5) is 34.1. The Morgan fingerprint density at radius 1 is 1.29 bits per heavy atom. The zero-order chi connectivity index (χ0) is 17.1. The number of benzene rings is 1. The smallest absolute Gasteiger partial charge is 0.316 e. The van der Waals surface area contributed by atoms with Crippen molar-refractivity contribution in [1.29, 1.82) is 0 Å². The number of ether oxygens (including phenoxy) is 1. The highest BCUT2D eigenvalue weighted by Crippen LogP contribution is 2.31. The number of para-hydroxylation sites is 2. The van der Waals surface area contributed by atoms with E-state index in [4.69, 9.17) is 4.74 Å². The van der Waals surface area contributed by atoms with Crippen LogP contribution in [-0.2, 0) is 9.59 Å². The number of anilines is 2. The molecule has 24 heavy (non-hydrogen) atoms. The van der Waals surface area contributed by atoms with Crippen LogP contribution >= 0.6 is 0 Å². The van der Waals surface area contributed by atoms with Gasteiger partial charge in [-0.3, -0.25) is 14.5 Å². The SMILES string of the molecule is COc1ncc(C=CC(=O)N2c3ccccc3NC(=O)C2C)cn1. The third-order valence-corrected chi connectivity index (χ3v) is 3.67. The molecule has 1 unspecified atom stereocenters. The topological polar surface area (TPSA) is 84.4 Å². The van der Waals surface area contributed by atoms with Crippen LogP contribution in [0, 0.1) is 0 Å². The van der Waals surface area contributed by atoms with E-state index >= 15 is 0 Å². The zero-order valence-electron chi connectivity index (χ0n) is 13.3. The number of hydrogen-bond donors (Lipinski definition) is 1. The fourth-order valence-corrected chi connectivity index (χ4v) is 2.43. The summed E-state index contributed by atoms with van der Waals surface area (Å²) in [6, 6.07) is 6.86. The molecule has 0 fully saturated rings. The van der Waals surface area contributed by atoms with Crippen LogP contribution < -0.4 is 15.0 Å². The second-order valence-corrected chi connectivity index (χ2v) is 5.23. The summed E-state index contributed by atoms with van der Waals surface area (Å²) in [7, 11) is 1.48. The largest absolute Gasteiger partial charge is 0.467 e. The number of fused-ring (bicyclic) bond motifs is 1. The van der Waals surface area contributed by atoms with E-state index in [2.05, 4.69) is 15.3 Å². The summed E-state index contributed by atoms with van der Waals surface area (Å²) in [5.41, 5.74) is 1.95. The Hall–Kier alpha value is -3.22. The van der Waals surface area contributed by atoms with Gasteiger partial charge in [-0.1, -0.05) is 12.1 Å². The summed E-state index contributed by atoms with van der Waals surface area (Å²) in [6.07, 6.45) is 6.10. The molecule has 3 rings (SSSR count). The van der Waals surface area contributed by atoms with Crippen molar-refractivity contribution in [2.45, 2.75) is 13.0 Å². The second kappa shape index (κ2) is 6.49. The molecule has 0 saturated carbocycles. The van der Waals surface area contributed by atoms with Gasteiger partial charge in [0.05, 0.1) is 18.5 Å². The minimum atomic E-state index is -0.593. The molecule has 122 valence electrons. The Morgan fingerprint density at radius 2 is 2.00 bits per heavy atom. The van der Waals surface area contributed by atoms with Crippen LogP contribution in [0.1, 0.15) is 12.5 Å². The van der Waals surface area contributed by atoms with E-state index in [9.17, 15) is 9.59 Å². The van der Waals surface area contributed by atoms with Gasteiger partial charge in [0, 0.05) is 24.0 Å². The molecule has 0 bridgehead atoms. The summed E-state index contributed by atoms with van der Waals surface area (Å²) in [5.74, 6) is -0.510. The molecule has 0 saturated heterocycles. The number of amides is 2. The molecular weight excluding hydrogens is 308 g/mol. The Labute approximate surface area is 139 Å². The zero-order valence-corrected chi connectivity index (χ0v) is 13.3. The molecule has 2 heterocycles. The van der Waals surface area contributed by atoms with Gasteiger partial charge in [-0.25, -0.2) is 9.97 Å². The third-order valence-electron chi connectivity index (χ3n) is 3.67. The highest BCUT2D eigenvalue weighted by Gasteiger charge is 2.32. The van der Waals surface area contributed by atoms with Crippen LogP contribution in [0.3, 0.4) is 0 Å². The second-order valence-electron chi connectivity index (χ2n) is 5.23. The Balaban J connectivity index is 1.85. The minimum absolute atomic E-state index is 0.219. The van der Waals surface area contributed by atoms with Crippen molar-refractivity contribution in [1.82, 2.24) is 9.97 Å². The summed E-state index contributed by atoms with van der Waals surface area (Å²) >= 11 is 0. The van der Waals surface area contributed by atoms with Crippen LogP contribution in [0.25, 0.3) is 6.08 Å². The van der Waals surface area contributed by atoms with Gasteiger partial charge >= 0.3 is 6.01 Å². The van der Waals surface area contributed by atoms with E-state index in [0.29, 0.717) is 16.9 Å². The van der Waals surface area contributed by atoms with Crippen LogP contribution in [-0.4, -0.2) is 34.9 Å². The molecule has 7 nitrogen and oxygen atoms in total. The quantitative estimate of drug-likeness (QED) is 0.871. The van der Waals surface area contributed by atoms with Gasteiger partial charge in [-0.15, -0.1) is 0 Å². The first-order chi connectivity index (χ1) is 11.6. The minimum Gasteiger partial charge on any atom is -0.467 e. The highest BCUT2D eigenvalue weighted by atomic mass is 16.5. The van der Waals surface area contributed by atoms with Crippen LogP contribution in [0.2, 0.25) is 0 Å². The number of methoxy groups -OCH3 is 1. The van der Waals surface area contributed by atoms with Crippen molar-refractivity contribution < 1.29 is 14.3 Å². The summed E-state index contributed by atoms with van der Waals surface area (Å²) in [5, 5.41) is 2.79. The lowest BCUT2D eigenvalue weighted by molar-refractivity contribution is -0.121. The van der Waals surface area contributed by atoms with Gasteiger partial charge in [0.25, 0.3) is 5.91 Å². The van der Waals surface area contributed by atoms with Crippen LogP contribution in [0.4, 0.5) is 11.4 Å². The van der Waals surface area contributed by atoms with Gasteiger partial charge in [-0.2, -0.15) is 0 Å². The maximum absolute atomic E-state index is 12.6. The Morgan fingerprint density at radius 3 is 2.71 bits per heavy atom. The predicted octanol–water partition coefficient (Wildman–Crippen LogP) is 1.87. The fraction of sp³-hybridized carbons (Fsp3) is 0.176. The lowest BCUT2D eigenvalue weighted by Gasteiger charge is -2.33. The fourth-order valence-electron chi connectivity index (χ4n) is 2.43. The van der Waals surface area contributed by atoms with Crippen LogP contribution in [0.15, 0.2) is 42.7 Å². The standard InChI is InChI=1S/C17H16N4O3/c1-11-16(23)20-13-5-3-4-6-14(13)21(11)15(22)8-7-12-9-18-17(24-2)19-10-12/h3-11H,1-2H3,(H,20,23). The molecule has 1 aromatic carbocycles. The van der Waals surface area contributed by atoms with Gasteiger partial charge < -0.3 is 10.1 Å². The molecular formula is C17H16N4O3. The lowest BCUT2D eigenvalue weighted by Crippen LogP contribution is -2.48. The van der Waals surface area contributed by atoms with Crippen LogP contribution in [0.5, 0.6) is 6.01 Å². The number of nitrogens with one attached hydrogen (secondary N) is 1. The first-order valence-electron chi connectivity index (χ1n) is 7.37. The van der Waals surface area contributed by atoms with E-state index in [0.717, 1.165) is 0 Å². The van der Waals surface area contributed by atoms with E-state index in [1.165, 1.54) is 18.1 Å². The molecule has 1 N–H and O–H groups in total. The summed E-state index contributed by atoms with van der Waals surface area (Å²) < 4.78 is 4.89. The number of carbonyl (C=O) groups excluding carboxylic acids is 2. The summed E-state index contributed by atoms with van der Waals surface area (Å²) in [6.45, 7) is 1.69. The third kappa shape index (κ3) is 2.96. The average Bonchev–Trinajstić information content (AvgIpc) is 2.61. The molecule has 2 amide bonds. The number of aromatic nitrogens is 2. The monoisotopic (exact) mass is 324 g/mol. The molecule has 2 aromatic rings. The predicted molar refractivity (Wildman–Crippen MR) is 89.6 cm³/mol. The number of carbonyl (C=O) groups is 2. The van der Waals surface area contributed by atoms with E-state index < -0.39 is 6.04 Å². The molecule has 1 aliphatic heterocycles. The van der Waals surface area contributed by atoms with Crippen molar-refractivity contribution in [2.75, 3.05) is 17.3 Å². The number of rotatable bonds is 3. The van der Waals surface area contributed by atoms with E-state index in [1.54, 1.807) is 37.5 Å². The Kier molecular flexibility index (Phi) is 4.24. The van der Waals surface area contributed by atoms with Crippen molar-refractivity contribution in [3.05, 3.63) is 48.3 Å².